The minimum absolute atomic E-state index is 0. The molecule has 0 aromatic rings. The van der Waals surface area contributed by atoms with Crippen molar-refractivity contribution in [2.45, 2.75) is 63.5 Å². The van der Waals surface area contributed by atoms with E-state index >= 15 is 0 Å². The van der Waals surface area contributed by atoms with Crippen LogP contribution in [0.1, 0.15) is 51.9 Å². The quantitative estimate of drug-likeness (QED) is 0.383. The summed E-state index contributed by atoms with van der Waals surface area (Å²) in [5.74, 6) is 3.02. The smallest absolute Gasteiger partial charge is 0.194 e. The second-order valence-electron chi connectivity index (χ2n) is 8.51. The monoisotopic (exact) mass is 462 g/mol. The first-order valence-corrected chi connectivity index (χ1v) is 10.2. The fourth-order valence-corrected chi connectivity index (χ4v) is 5.31. The van der Waals surface area contributed by atoms with Crippen molar-refractivity contribution in [3.05, 3.63) is 0 Å². The maximum Gasteiger partial charge on any atom is 0.194 e. The third kappa shape index (κ3) is 4.26. The molecule has 0 spiro atoms. The van der Waals surface area contributed by atoms with Gasteiger partial charge in [-0.2, -0.15) is 0 Å². The van der Waals surface area contributed by atoms with Gasteiger partial charge in [0.2, 0.25) is 0 Å². The third-order valence-electron chi connectivity index (χ3n) is 6.93. The normalized spacial score (nSPS) is 34.6. The number of hydrogen-bond donors (Lipinski definition) is 2. The third-order valence-corrected chi connectivity index (χ3v) is 6.93. The summed E-state index contributed by atoms with van der Waals surface area (Å²) in [6, 6.07) is 0.862. The predicted molar refractivity (Wildman–Crippen MR) is 113 cm³/mol. The molecule has 3 atom stereocenters. The van der Waals surface area contributed by atoms with Crippen LogP contribution in [0.15, 0.2) is 4.99 Å². The molecule has 4 fully saturated rings. The first-order chi connectivity index (χ1) is 11.7. The van der Waals surface area contributed by atoms with Crippen molar-refractivity contribution >= 4 is 29.9 Å². The zero-order valence-electron chi connectivity index (χ0n) is 15.6. The number of aliphatic hydroxyl groups is 1. The summed E-state index contributed by atoms with van der Waals surface area (Å²) in [5.41, 5.74) is -0.522. The Morgan fingerprint density at radius 1 is 1.16 bits per heavy atom. The lowest BCUT2D eigenvalue weighted by atomic mass is 9.80. The second kappa shape index (κ2) is 8.30. The van der Waals surface area contributed by atoms with E-state index in [0.29, 0.717) is 6.54 Å². The van der Waals surface area contributed by atoms with Gasteiger partial charge in [-0.15, -0.1) is 24.0 Å². The van der Waals surface area contributed by atoms with E-state index in [1.807, 2.05) is 0 Å². The number of hydrogen-bond acceptors (Lipinski definition) is 3. The molecule has 2 bridgehead atoms. The lowest BCUT2D eigenvalue weighted by Crippen LogP contribution is -2.56. The van der Waals surface area contributed by atoms with Crippen molar-refractivity contribution in [1.29, 1.82) is 0 Å². The maximum absolute atomic E-state index is 10.3. The number of rotatable bonds is 4. The molecule has 1 heterocycles. The molecule has 0 aromatic heterocycles. The molecule has 4 rings (SSSR count). The average molecular weight is 462 g/mol. The largest absolute Gasteiger partial charge is 0.388 e. The summed E-state index contributed by atoms with van der Waals surface area (Å²) in [4.78, 5) is 9.91. The van der Waals surface area contributed by atoms with Gasteiger partial charge in [-0.25, -0.2) is 0 Å². The molecule has 6 heteroatoms. The van der Waals surface area contributed by atoms with Crippen LogP contribution in [0, 0.1) is 11.8 Å². The van der Waals surface area contributed by atoms with Gasteiger partial charge in [0, 0.05) is 38.8 Å². The van der Waals surface area contributed by atoms with Gasteiger partial charge in [0.25, 0.3) is 0 Å². The van der Waals surface area contributed by atoms with Gasteiger partial charge in [-0.1, -0.05) is 6.42 Å². The Balaban J connectivity index is 0.00000182. The number of nitrogens with one attached hydrogen (secondary N) is 1. The number of aliphatic imine (C=N–C) groups is 1. The standard InChI is InChI=1S/C19H34N4O.HI/c1-2-20-18(21-14-19(24)6-3-7-19)23-10-8-22(9-11-23)17-13-15-4-5-16(17)12-15;/h15-17,24H,2-14H2,1H3,(H,20,21);1H. The van der Waals surface area contributed by atoms with E-state index in [1.54, 1.807) is 0 Å². The fraction of sp³-hybridized carbons (Fsp3) is 0.947. The Hall–Kier alpha value is -0.0800. The van der Waals surface area contributed by atoms with E-state index < -0.39 is 5.60 Å². The van der Waals surface area contributed by atoms with Crippen LogP contribution in [-0.2, 0) is 0 Å². The Morgan fingerprint density at radius 3 is 2.44 bits per heavy atom. The van der Waals surface area contributed by atoms with E-state index in [-0.39, 0.29) is 24.0 Å². The van der Waals surface area contributed by atoms with Crippen LogP contribution in [0.2, 0.25) is 0 Å². The molecule has 0 radical (unpaired) electrons. The highest BCUT2D eigenvalue weighted by molar-refractivity contribution is 14.0. The van der Waals surface area contributed by atoms with Crippen molar-refractivity contribution in [3.8, 4) is 0 Å². The zero-order valence-corrected chi connectivity index (χ0v) is 18.0. The Kier molecular flexibility index (Phi) is 6.53. The van der Waals surface area contributed by atoms with Gasteiger partial charge >= 0.3 is 0 Å². The molecule has 3 saturated carbocycles. The van der Waals surface area contributed by atoms with E-state index in [2.05, 4.69) is 22.0 Å². The Labute approximate surface area is 169 Å². The molecule has 2 N–H and O–H groups in total. The number of nitrogens with zero attached hydrogens (tertiary/aromatic N) is 3. The topological polar surface area (TPSA) is 51.1 Å². The van der Waals surface area contributed by atoms with Crippen LogP contribution in [-0.4, -0.2) is 71.8 Å². The molecule has 25 heavy (non-hydrogen) atoms. The van der Waals surface area contributed by atoms with Gasteiger partial charge in [0.1, 0.15) is 0 Å². The number of guanidine groups is 1. The molecule has 4 aliphatic rings. The number of fused-ring (bicyclic) bond motifs is 2. The average Bonchev–Trinajstić information content (AvgIpc) is 3.20. The molecule has 1 aliphatic heterocycles. The molecule has 1 saturated heterocycles. The van der Waals surface area contributed by atoms with Gasteiger partial charge < -0.3 is 15.3 Å². The van der Waals surface area contributed by atoms with E-state index in [1.165, 1.54) is 38.8 Å². The summed E-state index contributed by atoms with van der Waals surface area (Å²) in [7, 11) is 0. The van der Waals surface area contributed by atoms with Crippen LogP contribution < -0.4 is 5.32 Å². The van der Waals surface area contributed by atoms with Crippen LogP contribution in [0.25, 0.3) is 0 Å². The van der Waals surface area contributed by atoms with Crippen LogP contribution in [0.5, 0.6) is 0 Å². The molecule has 3 aliphatic carbocycles. The van der Waals surface area contributed by atoms with Crippen molar-refractivity contribution in [2.75, 3.05) is 39.3 Å². The Bertz CT molecular complexity index is 474. The maximum atomic E-state index is 10.3. The molecular formula is C19H35IN4O. The lowest BCUT2D eigenvalue weighted by Gasteiger charge is -2.42. The van der Waals surface area contributed by atoms with E-state index in [4.69, 9.17) is 4.99 Å². The van der Waals surface area contributed by atoms with Gasteiger partial charge in [0.05, 0.1) is 12.1 Å². The highest BCUT2D eigenvalue weighted by Gasteiger charge is 2.43. The summed E-state index contributed by atoms with van der Waals surface area (Å²) in [6.45, 7) is 8.05. The van der Waals surface area contributed by atoms with E-state index in [9.17, 15) is 5.11 Å². The SMILES string of the molecule is CCNC(=NCC1(O)CCC1)N1CCN(C2CC3CCC2C3)CC1.I. The zero-order chi connectivity index (χ0) is 16.6. The summed E-state index contributed by atoms with van der Waals surface area (Å²) < 4.78 is 0. The molecule has 0 aromatic carbocycles. The van der Waals surface area contributed by atoms with Crippen LogP contribution in [0.4, 0.5) is 0 Å². The number of halogens is 1. The minimum Gasteiger partial charge on any atom is -0.388 e. The molecule has 3 unspecified atom stereocenters. The van der Waals surface area contributed by atoms with Gasteiger partial charge in [-0.3, -0.25) is 9.89 Å². The van der Waals surface area contributed by atoms with Crippen molar-refractivity contribution in [1.82, 2.24) is 15.1 Å². The van der Waals surface area contributed by atoms with Gasteiger partial charge in [-0.05, 0) is 57.3 Å². The van der Waals surface area contributed by atoms with Crippen LogP contribution in [0.3, 0.4) is 0 Å². The summed E-state index contributed by atoms with van der Waals surface area (Å²) in [6.07, 6.45) is 8.87. The highest BCUT2D eigenvalue weighted by Crippen LogP contribution is 2.46. The second-order valence-corrected chi connectivity index (χ2v) is 8.51. The Morgan fingerprint density at radius 2 is 1.92 bits per heavy atom. The van der Waals surface area contributed by atoms with Crippen LogP contribution >= 0.6 is 24.0 Å². The molecule has 144 valence electrons. The molecule has 0 amide bonds. The molecule has 5 nitrogen and oxygen atoms in total. The minimum atomic E-state index is -0.522. The van der Waals surface area contributed by atoms with Crippen molar-refractivity contribution in [2.24, 2.45) is 16.8 Å². The van der Waals surface area contributed by atoms with Gasteiger partial charge in [0.15, 0.2) is 5.96 Å². The first-order valence-electron chi connectivity index (χ1n) is 10.2. The highest BCUT2D eigenvalue weighted by atomic mass is 127. The van der Waals surface area contributed by atoms with Crippen molar-refractivity contribution in [3.63, 3.8) is 0 Å². The lowest BCUT2D eigenvalue weighted by molar-refractivity contribution is -0.0238. The predicted octanol–water partition coefficient (Wildman–Crippen LogP) is 2.29. The first kappa shape index (κ1) is 19.7. The number of piperazine rings is 1. The summed E-state index contributed by atoms with van der Waals surface area (Å²) >= 11 is 0. The van der Waals surface area contributed by atoms with E-state index in [0.717, 1.165) is 62.7 Å². The summed E-state index contributed by atoms with van der Waals surface area (Å²) in [5, 5.41) is 13.7. The molecular weight excluding hydrogens is 427 g/mol. The fourth-order valence-electron chi connectivity index (χ4n) is 5.31. The van der Waals surface area contributed by atoms with Crippen molar-refractivity contribution < 1.29 is 5.11 Å².